The fourth-order valence-corrected chi connectivity index (χ4v) is 0.644. The molecule has 5 heteroatoms. The monoisotopic (exact) mass is 154 g/mol. The summed E-state index contributed by atoms with van der Waals surface area (Å²) in [5.41, 5.74) is -0.739. The van der Waals surface area contributed by atoms with Crippen LogP contribution in [0.5, 0.6) is 5.88 Å². The van der Waals surface area contributed by atoms with E-state index >= 15 is 0 Å². The minimum Gasteiger partial charge on any atom is -0.488 e. The minimum atomic E-state index is -0.739. The third-order valence-electron chi connectivity index (χ3n) is 1.11. The standard InChI is InChI=1S/C6H8N3O2/c1-2-3-9-4-7-5(10)6(11)8-9/h2-3H2,1H3,(H,8,11). The third kappa shape index (κ3) is 1.76. The van der Waals surface area contributed by atoms with Crippen LogP contribution in [0.3, 0.4) is 0 Å². The summed E-state index contributed by atoms with van der Waals surface area (Å²) in [6, 6.07) is 0. The molecule has 0 atom stereocenters. The zero-order valence-electron chi connectivity index (χ0n) is 6.11. The van der Waals surface area contributed by atoms with Crippen LogP contribution in [-0.4, -0.2) is 19.9 Å². The number of rotatable bonds is 2. The van der Waals surface area contributed by atoms with Gasteiger partial charge in [0.25, 0.3) is 5.88 Å². The zero-order chi connectivity index (χ0) is 8.27. The Morgan fingerprint density at radius 3 is 3.00 bits per heavy atom. The van der Waals surface area contributed by atoms with E-state index in [2.05, 4.69) is 16.4 Å². The highest BCUT2D eigenvalue weighted by atomic mass is 16.3. The molecule has 59 valence electrons. The van der Waals surface area contributed by atoms with E-state index in [0.29, 0.717) is 6.54 Å². The Labute approximate surface area is 63.3 Å². The molecule has 11 heavy (non-hydrogen) atoms. The molecule has 0 saturated heterocycles. The Morgan fingerprint density at radius 2 is 2.45 bits per heavy atom. The molecule has 1 N–H and O–H groups in total. The van der Waals surface area contributed by atoms with Gasteiger partial charge in [0, 0.05) is 6.54 Å². The summed E-state index contributed by atoms with van der Waals surface area (Å²) in [5.74, 6) is -0.572. The van der Waals surface area contributed by atoms with E-state index < -0.39 is 11.4 Å². The molecule has 1 aromatic heterocycles. The van der Waals surface area contributed by atoms with Crippen LogP contribution in [0.1, 0.15) is 13.3 Å². The van der Waals surface area contributed by atoms with Crippen LogP contribution in [0, 0.1) is 6.33 Å². The summed E-state index contributed by atoms with van der Waals surface area (Å²) >= 11 is 0. The predicted molar refractivity (Wildman–Crippen MR) is 37.1 cm³/mol. The van der Waals surface area contributed by atoms with Crippen molar-refractivity contribution in [3.63, 3.8) is 0 Å². The van der Waals surface area contributed by atoms with Gasteiger partial charge in [0.2, 0.25) is 0 Å². The van der Waals surface area contributed by atoms with E-state index in [-0.39, 0.29) is 0 Å². The van der Waals surface area contributed by atoms with Gasteiger partial charge >= 0.3 is 5.56 Å². The Bertz CT molecular complexity index is 294. The van der Waals surface area contributed by atoms with Crippen molar-refractivity contribution in [3.05, 3.63) is 16.7 Å². The normalized spacial score (nSPS) is 9.91. The van der Waals surface area contributed by atoms with Gasteiger partial charge in [0.1, 0.15) is 0 Å². The van der Waals surface area contributed by atoms with Crippen LogP contribution in [0.2, 0.25) is 0 Å². The summed E-state index contributed by atoms with van der Waals surface area (Å²) in [7, 11) is 0. The molecule has 1 rings (SSSR count). The first kappa shape index (κ1) is 7.71. The van der Waals surface area contributed by atoms with Crippen molar-refractivity contribution < 1.29 is 5.11 Å². The molecule has 0 aliphatic carbocycles. The molecule has 0 unspecified atom stereocenters. The van der Waals surface area contributed by atoms with Crippen molar-refractivity contribution in [3.8, 4) is 5.88 Å². The number of aromatic hydroxyl groups is 1. The fourth-order valence-electron chi connectivity index (χ4n) is 0.644. The van der Waals surface area contributed by atoms with Crippen LogP contribution < -0.4 is 5.56 Å². The molecule has 1 heterocycles. The lowest BCUT2D eigenvalue weighted by Crippen LogP contribution is -2.14. The van der Waals surface area contributed by atoms with E-state index in [1.54, 1.807) is 0 Å². The van der Waals surface area contributed by atoms with Crippen molar-refractivity contribution in [1.29, 1.82) is 0 Å². The first-order chi connectivity index (χ1) is 5.24. The SMILES string of the molecule is CCCn1[c]nc(=O)c(O)n1. The van der Waals surface area contributed by atoms with E-state index in [1.807, 2.05) is 6.92 Å². The molecular formula is C6H8N3O2. The summed E-state index contributed by atoms with van der Waals surface area (Å²) in [6.45, 7) is 2.55. The second kappa shape index (κ2) is 3.14. The van der Waals surface area contributed by atoms with Crippen LogP contribution in [0.25, 0.3) is 0 Å². The molecule has 0 aliphatic heterocycles. The molecule has 1 radical (unpaired) electrons. The molecule has 1 aromatic rings. The quantitative estimate of drug-likeness (QED) is 0.626. The molecule has 0 aromatic carbocycles. The summed E-state index contributed by atoms with van der Waals surface area (Å²) in [5, 5.41) is 12.3. The average molecular weight is 154 g/mol. The Balaban J connectivity index is 2.96. The highest BCUT2D eigenvalue weighted by Gasteiger charge is 1.98. The number of nitrogens with zero attached hydrogens (tertiary/aromatic N) is 3. The molecule has 0 amide bonds. The summed E-state index contributed by atoms with van der Waals surface area (Å²) in [6.07, 6.45) is 3.22. The average Bonchev–Trinajstić information content (AvgIpc) is 1.98. The van der Waals surface area contributed by atoms with E-state index in [0.717, 1.165) is 6.42 Å². The smallest absolute Gasteiger partial charge is 0.335 e. The van der Waals surface area contributed by atoms with Crippen molar-refractivity contribution in [2.45, 2.75) is 19.9 Å². The largest absolute Gasteiger partial charge is 0.488 e. The number of aromatic nitrogens is 3. The van der Waals surface area contributed by atoms with Crippen molar-refractivity contribution >= 4 is 0 Å². The number of hydrogen-bond donors (Lipinski definition) is 1. The lowest BCUT2D eigenvalue weighted by atomic mass is 10.5. The maximum absolute atomic E-state index is 10.5. The van der Waals surface area contributed by atoms with Gasteiger partial charge in [-0.3, -0.25) is 4.79 Å². The molecule has 5 nitrogen and oxygen atoms in total. The Morgan fingerprint density at radius 1 is 1.73 bits per heavy atom. The second-order valence-electron chi connectivity index (χ2n) is 2.06. The zero-order valence-corrected chi connectivity index (χ0v) is 6.11. The highest BCUT2D eigenvalue weighted by molar-refractivity contribution is 4.95. The van der Waals surface area contributed by atoms with Gasteiger partial charge < -0.3 is 5.11 Å². The molecule has 0 spiro atoms. The van der Waals surface area contributed by atoms with E-state index in [9.17, 15) is 4.79 Å². The Kier molecular flexibility index (Phi) is 2.20. The lowest BCUT2D eigenvalue weighted by Gasteiger charge is -1.98. The summed E-state index contributed by atoms with van der Waals surface area (Å²) in [4.78, 5) is 13.8. The van der Waals surface area contributed by atoms with Crippen molar-refractivity contribution in [1.82, 2.24) is 14.8 Å². The fraction of sp³-hybridized carbons (Fsp3) is 0.500. The van der Waals surface area contributed by atoms with Crippen LogP contribution in [-0.2, 0) is 6.54 Å². The second-order valence-corrected chi connectivity index (χ2v) is 2.06. The van der Waals surface area contributed by atoms with Crippen LogP contribution in [0.15, 0.2) is 4.79 Å². The topological polar surface area (TPSA) is 68.0 Å². The first-order valence-corrected chi connectivity index (χ1v) is 3.30. The van der Waals surface area contributed by atoms with Crippen LogP contribution >= 0.6 is 0 Å². The number of hydrogen-bond acceptors (Lipinski definition) is 4. The Hall–Kier alpha value is -1.39. The maximum Gasteiger partial charge on any atom is 0.335 e. The van der Waals surface area contributed by atoms with Gasteiger partial charge in [-0.15, -0.1) is 5.10 Å². The first-order valence-electron chi connectivity index (χ1n) is 3.30. The molecule has 0 bridgehead atoms. The molecule has 0 fully saturated rings. The lowest BCUT2D eigenvalue weighted by molar-refractivity contribution is 0.406. The summed E-state index contributed by atoms with van der Waals surface area (Å²) < 4.78 is 1.30. The van der Waals surface area contributed by atoms with Crippen molar-refractivity contribution in [2.24, 2.45) is 0 Å². The van der Waals surface area contributed by atoms with Gasteiger partial charge in [0.05, 0.1) is 0 Å². The van der Waals surface area contributed by atoms with Crippen molar-refractivity contribution in [2.75, 3.05) is 0 Å². The third-order valence-corrected chi connectivity index (χ3v) is 1.11. The van der Waals surface area contributed by atoms with Gasteiger partial charge in [-0.25, -0.2) is 4.68 Å². The predicted octanol–water partition coefficient (Wildman–Crippen LogP) is -0.446. The van der Waals surface area contributed by atoms with Gasteiger partial charge in [0.15, 0.2) is 6.33 Å². The van der Waals surface area contributed by atoms with E-state index in [4.69, 9.17) is 5.11 Å². The maximum atomic E-state index is 10.5. The molecule has 0 aliphatic rings. The van der Waals surface area contributed by atoms with Gasteiger partial charge in [-0.1, -0.05) is 6.92 Å². The highest BCUT2D eigenvalue weighted by Crippen LogP contribution is 1.89. The van der Waals surface area contributed by atoms with Crippen LogP contribution in [0.4, 0.5) is 0 Å². The minimum absolute atomic E-state index is 0.572. The molecule has 0 saturated carbocycles. The van der Waals surface area contributed by atoms with Gasteiger partial charge in [-0.2, -0.15) is 4.98 Å². The molecular weight excluding hydrogens is 146 g/mol. The van der Waals surface area contributed by atoms with E-state index in [1.165, 1.54) is 4.68 Å². The number of aryl methyl sites for hydroxylation is 1. The van der Waals surface area contributed by atoms with Gasteiger partial charge in [-0.05, 0) is 6.42 Å².